The Morgan fingerprint density at radius 3 is 3.17 bits per heavy atom. The molecule has 0 aliphatic carbocycles. The summed E-state index contributed by atoms with van der Waals surface area (Å²) >= 11 is 0. The van der Waals surface area contributed by atoms with Crippen LogP contribution in [0.3, 0.4) is 0 Å². The Bertz CT molecular complexity index is 275. The highest BCUT2D eigenvalue weighted by atomic mass is 16.5. The minimum atomic E-state index is 0.253. The lowest BCUT2D eigenvalue weighted by Crippen LogP contribution is -1.96. The molecule has 1 N–H and O–H groups in total. The van der Waals surface area contributed by atoms with E-state index in [9.17, 15) is 0 Å². The molecule has 64 valence electrons. The Labute approximate surface area is 70.4 Å². The minimum absolute atomic E-state index is 0.253. The monoisotopic (exact) mass is 166 g/mol. The van der Waals surface area contributed by atoms with Crippen molar-refractivity contribution in [1.29, 1.82) is 5.26 Å². The first kappa shape index (κ1) is 8.68. The molecule has 12 heavy (non-hydrogen) atoms. The van der Waals surface area contributed by atoms with Crippen LogP contribution in [-0.2, 0) is 17.6 Å². The minimum Gasteiger partial charge on any atom is -0.384 e. The van der Waals surface area contributed by atoms with Crippen LogP contribution in [0.5, 0.6) is 0 Å². The quantitative estimate of drug-likeness (QED) is 0.686. The maximum Gasteiger partial charge on any atom is 0.164 e. The van der Waals surface area contributed by atoms with Gasteiger partial charge in [-0.2, -0.15) is 10.4 Å². The largest absolute Gasteiger partial charge is 0.384 e. The van der Waals surface area contributed by atoms with Gasteiger partial charge < -0.3 is 4.74 Å². The van der Waals surface area contributed by atoms with Crippen molar-refractivity contribution in [2.24, 2.45) is 0 Å². The molecule has 0 unspecified atom stereocenters. The number of aromatic nitrogens is 3. The smallest absolute Gasteiger partial charge is 0.164 e. The SMILES string of the molecule is COCCc1nc(CC#N)n[nH]1. The highest BCUT2D eigenvalue weighted by Crippen LogP contribution is 1.94. The topological polar surface area (TPSA) is 74.6 Å². The van der Waals surface area contributed by atoms with Crippen LogP contribution in [0, 0.1) is 11.3 Å². The molecular weight excluding hydrogens is 156 g/mol. The van der Waals surface area contributed by atoms with Crippen molar-refractivity contribution < 1.29 is 4.74 Å². The van der Waals surface area contributed by atoms with E-state index in [0.29, 0.717) is 18.9 Å². The number of hydrogen-bond acceptors (Lipinski definition) is 4. The Hall–Kier alpha value is -1.41. The molecule has 1 aromatic rings. The first-order valence-electron chi connectivity index (χ1n) is 3.63. The molecule has 0 aliphatic heterocycles. The molecule has 5 nitrogen and oxygen atoms in total. The maximum absolute atomic E-state index is 8.34. The fourth-order valence-electron chi connectivity index (χ4n) is 0.795. The number of aromatic amines is 1. The summed E-state index contributed by atoms with van der Waals surface area (Å²) in [6.45, 7) is 0.612. The normalized spacial score (nSPS) is 9.67. The Morgan fingerprint density at radius 2 is 2.50 bits per heavy atom. The second-order valence-electron chi connectivity index (χ2n) is 2.28. The molecule has 0 amide bonds. The second kappa shape index (κ2) is 4.46. The number of nitrogens with one attached hydrogen (secondary N) is 1. The maximum atomic E-state index is 8.34. The van der Waals surface area contributed by atoms with E-state index in [-0.39, 0.29) is 6.42 Å². The lowest BCUT2D eigenvalue weighted by Gasteiger charge is -1.91. The summed E-state index contributed by atoms with van der Waals surface area (Å²) in [6, 6.07) is 1.98. The first-order valence-corrected chi connectivity index (χ1v) is 3.63. The van der Waals surface area contributed by atoms with Crippen molar-refractivity contribution in [3.8, 4) is 6.07 Å². The summed E-state index contributed by atoms with van der Waals surface area (Å²) in [7, 11) is 1.63. The number of hydrogen-bond donors (Lipinski definition) is 1. The highest BCUT2D eigenvalue weighted by molar-refractivity contribution is 4.96. The molecule has 0 fully saturated rings. The first-order chi connectivity index (χ1) is 5.86. The molecule has 0 saturated heterocycles. The fraction of sp³-hybridized carbons (Fsp3) is 0.571. The molecule has 1 rings (SSSR count). The highest BCUT2D eigenvalue weighted by Gasteiger charge is 2.00. The average Bonchev–Trinajstić information content (AvgIpc) is 2.50. The number of nitrogens with zero attached hydrogens (tertiary/aromatic N) is 3. The van der Waals surface area contributed by atoms with Gasteiger partial charge in [0.2, 0.25) is 0 Å². The number of rotatable bonds is 4. The van der Waals surface area contributed by atoms with E-state index in [4.69, 9.17) is 10.00 Å². The average molecular weight is 166 g/mol. The van der Waals surface area contributed by atoms with Crippen molar-refractivity contribution in [1.82, 2.24) is 15.2 Å². The van der Waals surface area contributed by atoms with Crippen LogP contribution in [0.2, 0.25) is 0 Å². The van der Waals surface area contributed by atoms with Crippen LogP contribution >= 0.6 is 0 Å². The molecule has 1 heterocycles. The van der Waals surface area contributed by atoms with Gasteiger partial charge in [0.15, 0.2) is 5.82 Å². The second-order valence-corrected chi connectivity index (χ2v) is 2.28. The summed E-state index contributed by atoms with van der Waals surface area (Å²) in [5, 5.41) is 14.9. The lowest BCUT2D eigenvalue weighted by atomic mass is 10.4. The van der Waals surface area contributed by atoms with Crippen LogP contribution in [-0.4, -0.2) is 28.9 Å². The van der Waals surface area contributed by atoms with Crippen molar-refractivity contribution in [3.05, 3.63) is 11.6 Å². The fourth-order valence-corrected chi connectivity index (χ4v) is 0.795. The lowest BCUT2D eigenvalue weighted by molar-refractivity contribution is 0.200. The summed E-state index contributed by atoms with van der Waals surface area (Å²) in [5.74, 6) is 1.31. The van der Waals surface area contributed by atoms with Gasteiger partial charge in [0.25, 0.3) is 0 Å². The molecule has 0 aliphatic rings. The molecule has 0 radical (unpaired) electrons. The standard InChI is InChI=1S/C7H10N4O/c1-12-5-3-7-9-6(2-4-8)10-11-7/h2-3,5H2,1H3,(H,9,10,11). The molecule has 0 atom stereocenters. The summed E-state index contributed by atoms with van der Waals surface area (Å²) in [6.07, 6.45) is 0.957. The van der Waals surface area contributed by atoms with Crippen LogP contribution in [0.4, 0.5) is 0 Å². The van der Waals surface area contributed by atoms with Crippen LogP contribution in [0.1, 0.15) is 11.6 Å². The van der Waals surface area contributed by atoms with Gasteiger partial charge in [-0.05, 0) is 0 Å². The zero-order valence-electron chi connectivity index (χ0n) is 6.87. The van der Waals surface area contributed by atoms with E-state index in [1.54, 1.807) is 7.11 Å². The molecule has 1 aromatic heterocycles. The molecule has 0 aromatic carbocycles. The zero-order valence-corrected chi connectivity index (χ0v) is 6.87. The van der Waals surface area contributed by atoms with E-state index >= 15 is 0 Å². The zero-order chi connectivity index (χ0) is 8.81. The van der Waals surface area contributed by atoms with Crippen LogP contribution in [0.25, 0.3) is 0 Å². The van der Waals surface area contributed by atoms with Crippen molar-refractivity contribution >= 4 is 0 Å². The molecule has 0 spiro atoms. The van der Waals surface area contributed by atoms with E-state index < -0.39 is 0 Å². The third-order valence-electron chi connectivity index (χ3n) is 1.36. The Kier molecular flexibility index (Phi) is 3.23. The van der Waals surface area contributed by atoms with Crippen molar-refractivity contribution in [2.45, 2.75) is 12.8 Å². The van der Waals surface area contributed by atoms with Crippen LogP contribution < -0.4 is 0 Å². The molecule has 0 saturated carbocycles. The van der Waals surface area contributed by atoms with Gasteiger partial charge in [0.1, 0.15) is 5.82 Å². The molecule has 0 bridgehead atoms. The van der Waals surface area contributed by atoms with Crippen LogP contribution in [0.15, 0.2) is 0 Å². The molecular formula is C7H10N4O. The van der Waals surface area contributed by atoms with E-state index in [1.807, 2.05) is 6.07 Å². The van der Waals surface area contributed by atoms with Gasteiger partial charge in [0, 0.05) is 13.5 Å². The number of methoxy groups -OCH3 is 1. The van der Waals surface area contributed by atoms with Crippen molar-refractivity contribution in [2.75, 3.05) is 13.7 Å². The van der Waals surface area contributed by atoms with Gasteiger partial charge in [0.05, 0.1) is 19.1 Å². The van der Waals surface area contributed by atoms with Gasteiger partial charge in [-0.15, -0.1) is 0 Å². The van der Waals surface area contributed by atoms with E-state index in [1.165, 1.54) is 0 Å². The van der Waals surface area contributed by atoms with Gasteiger partial charge >= 0.3 is 0 Å². The summed E-state index contributed by atoms with van der Waals surface area (Å²) in [5.41, 5.74) is 0. The Morgan fingerprint density at radius 1 is 1.67 bits per heavy atom. The van der Waals surface area contributed by atoms with E-state index in [2.05, 4.69) is 15.2 Å². The van der Waals surface area contributed by atoms with E-state index in [0.717, 1.165) is 5.82 Å². The third kappa shape index (κ3) is 2.32. The number of nitriles is 1. The van der Waals surface area contributed by atoms with Gasteiger partial charge in [-0.1, -0.05) is 0 Å². The van der Waals surface area contributed by atoms with Gasteiger partial charge in [-0.25, -0.2) is 4.98 Å². The van der Waals surface area contributed by atoms with Crippen molar-refractivity contribution in [3.63, 3.8) is 0 Å². The number of H-pyrrole nitrogens is 1. The summed E-state index contributed by atoms with van der Waals surface area (Å²) < 4.78 is 4.86. The predicted molar refractivity (Wildman–Crippen MR) is 41.3 cm³/mol. The predicted octanol–water partition coefficient (Wildman–Crippen LogP) is 0.0597. The Balaban J connectivity index is 2.48. The molecule has 5 heteroatoms. The van der Waals surface area contributed by atoms with Gasteiger partial charge in [-0.3, -0.25) is 5.10 Å². The number of ether oxygens (including phenoxy) is 1. The summed E-state index contributed by atoms with van der Waals surface area (Å²) in [4.78, 5) is 4.07. The third-order valence-corrected chi connectivity index (χ3v) is 1.36.